The third-order valence-corrected chi connectivity index (χ3v) is 4.19. The van der Waals surface area contributed by atoms with E-state index in [1.165, 1.54) is 11.1 Å². The fourth-order valence-corrected chi connectivity index (χ4v) is 3.40. The maximum Gasteiger partial charge on any atom is 0.206 e. The number of hydrogen-bond donors (Lipinski definition) is 0. The summed E-state index contributed by atoms with van der Waals surface area (Å²) in [5, 5.41) is 0. The van der Waals surface area contributed by atoms with E-state index < -0.39 is 5.60 Å². The van der Waals surface area contributed by atoms with Gasteiger partial charge in [0, 0.05) is 6.42 Å². The molecule has 104 valence electrons. The second kappa shape index (κ2) is 4.34. The van der Waals surface area contributed by atoms with E-state index in [1.54, 1.807) is 0 Å². The Kier molecular flexibility index (Phi) is 2.86. The average Bonchev–Trinajstić information content (AvgIpc) is 2.37. The molecule has 2 aliphatic rings. The van der Waals surface area contributed by atoms with Crippen molar-refractivity contribution in [3.8, 4) is 5.75 Å². The molecule has 0 saturated heterocycles. The Morgan fingerprint density at radius 2 is 1.90 bits per heavy atom. The van der Waals surface area contributed by atoms with Crippen molar-refractivity contribution in [3.05, 3.63) is 52.1 Å². The summed E-state index contributed by atoms with van der Waals surface area (Å²) < 4.78 is 6.23. The monoisotopic (exact) mass is 268 g/mol. The van der Waals surface area contributed by atoms with Crippen molar-refractivity contribution in [1.29, 1.82) is 0 Å². The zero-order chi connectivity index (χ0) is 14.5. The van der Waals surface area contributed by atoms with Gasteiger partial charge >= 0.3 is 0 Å². The van der Waals surface area contributed by atoms with Crippen molar-refractivity contribution in [3.63, 3.8) is 0 Å². The molecule has 1 atom stereocenters. The molecule has 0 aromatic heterocycles. The molecule has 1 unspecified atom stereocenters. The first-order valence-corrected chi connectivity index (χ1v) is 7.13. The van der Waals surface area contributed by atoms with Gasteiger partial charge in [0.1, 0.15) is 5.75 Å². The zero-order valence-electron chi connectivity index (χ0n) is 12.5. The minimum Gasteiger partial charge on any atom is -0.474 e. The lowest BCUT2D eigenvalue weighted by Gasteiger charge is -2.38. The predicted molar refractivity (Wildman–Crippen MR) is 80.1 cm³/mol. The molecule has 1 aliphatic heterocycles. The van der Waals surface area contributed by atoms with E-state index in [0.717, 1.165) is 35.3 Å². The summed E-state index contributed by atoms with van der Waals surface area (Å²) in [6.07, 6.45) is 5.55. The Labute approximate surface area is 120 Å². The maximum atomic E-state index is 12.6. The molecular formula is C18H20O2. The van der Waals surface area contributed by atoms with Crippen LogP contribution in [0.1, 0.15) is 37.0 Å². The first-order valence-electron chi connectivity index (χ1n) is 7.13. The Morgan fingerprint density at radius 1 is 1.15 bits per heavy atom. The largest absolute Gasteiger partial charge is 0.474 e. The molecule has 2 heteroatoms. The number of hydrogen-bond acceptors (Lipinski definition) is 2. The molecule has 0 amide bonds. The summed E-state index contributed by atoms with van der Waals surface area (Å²) >= 11 is 0. The quantitative estimate of drug-likeness (QED) is 0.714. The molecule has 0 saturated carbocycles. The second-order valence-electron chi connectivity index (χ2n) is 6.11. The number of carbonyl (C=O) groups excluding carboxylic acids is 1. The van der Waals surface area contributed by atoms with Crippen molar-refractivity contribution < 1.29 is 9.53 Å². The van der Waals surface area contributed by atoms with E-state index in [1.807, 2.05) is 26.0 Å². The summed E-state index contributed by atoms with van der Waals surface area (Å²) in [5.74, 6) is 1.00. The Morgan fingerprint density at radius 3 is 2.65 bits per heavy atom. The van der Waals surface area contributed by atoms with Crippen LogP contribution in [0, 0.1) is 13.8 Å². The highest BCUT2D eigenvalue weighted by molar-refractivity contribution is 6.05. The molecule has 0 bridgehead atoms. The number of allylic oxidation sites excluding steroid dienone is 2. The number of Topliss-reactive ketones (excluding diaryl/α,β-unsaturated/α-hetero) is 1. The van der Waals surface area contributed by atoms with Gasteiger partial charge < -0.3 is 4.74 Å². The minimum absolute atomic E-state index is 0.105. The number of ketones is 1. The van der Waals surface area contributed by atoms with E-state index in [0.29, 0.717) is 0 Å². The van der Waals surface area contributed by atoms with Crippen LogP contribution in [-0.2, 0) is 11.2 Å². The zero-order valence-corrected chi connectivity index (χ0v) is 12.5. The van der Waals surface area contributed by atoms with E-state index in [-0.39, 0.29) is 5.78 Å². The van der Waals surface area contributed by atoms with Crippen LogP contribution in [0.3, 0.4) is 0 Å². The second-order valence-corrected chi connectivity index (χ2v) is 6.11. The molecule has 1 aromatic carbocycles. The lowest BCUT2D eigenvalue weighted by molar-refractivity contribution is -0.128. The van der Waals surface area contributed by atoms with Crippen LogP contribution >= 0.6 is 0 Å². The van der Waals surface area contributed by atoms with Crippen LogP contribution < -0.4 is 4.74 Å². The maximum absolute atomic E-state index is 12.6. The number of carbonyl (C=O) groups is 1. The van der Waals surface area contributed by atoms with Gasteiger partial charge in [0.05, 0.1) is 0 Å². The average molecular weight is 268 g/mol. The van der Waals surface area contributed by atoms with Crippen molar-refractivity contribution in [1.82, 2.24) is 0 Å². The van der Waals surface area contributed by atoms with Gasteiger partial charge in [-0.2, -0.15) is 0 Å². The lowest BCUT2D eigenvalue weighted by Crippen LogP contribution is -2.47. The van der Waals surface area contributed by atoms with Gasteiger partial charge in [-0.15, -0.1) is 0 Å². The van der Waals surface area contributed by atoms with Gasteiger partial charge in [-0.25, -0.2) is 0 Å². The highest BCUT2D eigenvalue weighted by atomic mass is 16.5. The molecule has 1 aliphatic carbocycles. The Bertz CT molecular complexity index is 664. The first-order chi connectivity index (χ1) is 9.41. The minimum atomic E-state index is -0.782. The molecule has 0 fully saturated rings. The van der Waals surface area contributed by atoms with E-state index >= 15 is 0 Å². The summed E-state index contributed by atoms with van der Waals surface area (Å²) in [7, 11) is 0. The summed E-state index contributed by atoms with van der Waals surface area (Å²) in [6.45, 7) is 8.05. The normalized spacial score (nSPS) is 24.9. The summed E-state index contributed by atoms with van der Waals surface area (Å²) in [4.78, 5) is 12.6. The Hall–Kier alpha value is -1.83. The van der Waals surface area contributed by atoms with Crippen molar-refractivity contribution in [2.75, 3.05) is 0 Å². The highest BCUT2D eigenvalue weighted by Gasteiger charge is 2.44. The van der Waals surface area contributed by atoms with Gasteiger partial charge in [0.15, 0.2) is 5.60 Å². The fourth-order valence-electron chi connectivity index (χ4n) is 3.40. The molecular weight excluding hydrogens is 248 g/mol. The molecule has 1 aromatic rings. The fraction of sp³-hybridized carbons (Fsp3) is 0.389. The number of rotatable bonds is 0. The number of fused-ring (bicyclic) bond motifs is 1. The Balaban J connectivity index is 2.08. The first kappa shape index (κ1) is 13.2. The topological polar surface area (TPSA) is 26.3 Å². The van der Waals surface area contributed by atoms with Crippen LogP contribution in [-0.4, -0.2) is 11.4 Å². The molecule has 3 rings (SSSR count). The van der Waals surface area contributed by atoms with Crippen LogP contribution in [0.2, 0.25) is 0 Å². The summed E-state index contributed by atoms with van der Waals surface area (Å²) in [5.41, 5.74) is 4.70. The van der Waals surface area contributed by atoms with Crippen LogP contribution in [0.4, 0.5) is 0 Å². The highest BCUT2D eigenvalue weighted by Crippen LogP contribution is 2.40. The van der Waals surface area contributed by atoms with E-state index in [4.69, 9.17) is 4.74 Å². The molecule has 20 heavy (non-hydrogen) atoms. The number of benzene rings is 1. The molecule has 1 heterocycles. The van der Waals surface area contributed by atoms with Crippen molar-refractivity contribution in [2.45, 2.75) is 46.1 Å². The van der Waals surface area contributed by atoms with Crippen molar-refractivity contribution in [2.24, 2.45) is 0 Å². The predicted octanol–water partition coefficient (Wildman–Crippen LogP) is 3.84. The van der Waals surface area contributed by atoms with Gasteiger partial charge in [0.25, 0.3) is 0 Å². The lowest BCUT2D eigenvalue weighted by atomic mass is 9.79. The SMILES string of the molecule is CC1=CC2(CCc3cc(C)cc(C)c3O2)C(=O)C(C)=C1. The number of aryl methyl sites for hydroxylation is 3. The van der Waals surface area contributed by atoms with Crippen LogP contribution in [0.5, 0.6) is 5.75 Å². The third-order valence-electron chi connectivity index (χ3n) is 4.19. The summed E-state index contributed by atoms with van der Waals surface area (Å²) in [6, 6.07) is 4.28. The molecule has 2 nitrogen and oxygen atoms in total. The number of ether oxygens (including phenoxy) is 1. The van der Waals surface area contributed by atoms with Gasteiger partial charge in [-0.3, -0.25) is 4.79 Å². The van der Waals surface area contributed by atoms with Crippen LogP contribution in [0.15, 0.2) is 35.4 Å². The molecule has 1 spiro atoms. The van der Waals surface area contributed by atoms with Crippen LogP contribution in [0.25, 0.3) is 0 Å². The van der Waals surface area contributed by atoms with Gasteiger partial charge in [-0.1, -0.05) is 29.3 Å². The smallest absolute Gasteiger partial charge is 0.206 e. The van der Waals surface area contributed by atoms with Crippen molar-refractivity contribution >= 4 is 5.78 Å². The molecule has 0 N–H and O–H groups in total. The van der Waals surface area contributed by atoms with Gasteiger partial charge in [0.2, 0.25) is 5.78 Å². The van der Waals surface area contributed by atoms with E-state index in [9.17, 15) is 4.79 Å². The van der Waals surface area contributed by atoms with Gasteiger partial charge in [-0.05, 0) is 56.9 Å². The third kappa shape index (κ3) is 1.91. The van der Waals surface area contributed by atoms with E-state index in [2.05, 4.69) is 26.0 Å². The molecule has 0 radical (unpaired) electrons. The standard InChI is InChI=1S/C18H20O2/c1-11-7-13(3)16-15(9-11)5-6-18(20-16)10-12(2)8-14(4)17(18)19/h7-10H,5-6H2,1-4H3.